The standard InChI is InChI=1S/C8H18O.CH4/c1-3-5-7-9-8-6-4-2;/h3-8H2,1-2H3;1H4. The first kappa shape index (κ1) is 12.6. The van der Waals surface area contributed by atoms with Crippen LogP contribution in [0.15, 0.2) is 0 Å². The van der Waals surface area contributed by atoms with E-state index < -0.39 is 0 Å². The molecule has 0 fully saturated rings. The summed E-state index contributed by atoms with van der Waals surface area (Å²) in [6.07, 6.45) is 4.91. The molecule has 0 saturated heterocycles. The number of hydrogen-bond acceptors (Lipinski definition) is 1. The second kappa shape index (κ2) is 11.7. The van der Waals surface area contributed by atoms with E-state index in [1.807, 2.05) is 0 Å². The van der Waals surface area contributed by atoms with Crippen molar-refractivity contribution in [2.45, 2.75) is 47.0 Å². The second-order valence-electron chi connectivity index (χ2n) is 2.32. The second-order valence-corrected chi connectivity index (χ2v) is 2.32. The Kier molecular flexibility index (Phi) is 14.8. The Balaban J connectivity index is 0. The van der Waals surface area contributed by atoms with Gasteiger partial charge in [-0.2, -0.15) is 0 Å². The zero-order chi connectivity index (χ0) is 6.95. The summed E-state index contributed by atoms with van der Waals surface area (Å²) in [5.74, 6) is 0. The van der Waals surface area contributed by atoms with Gasteiger partial charge in [0.2, 0.25) is 0 Å². The lowest BCUT2D eigenvalue weighted by atomic mass is 10.3. The molecular formula is C9H22O. The van der Waals surface area contributed by atoms with Crippen LogP contribution in [0, 0.1) is 0 Å². The van der Waals surface area contributed by atoms with Crippen LogP contribution in [0.25, 0.3) is 0 Å². The summed E-state index contributed by atoms with van der Waals surface area (Å²) in [7, 11) is 0. The highest BCUT2D eigenvalue weighted by molar-refractivity contribution is 4.33. The lowest BCUT2D eigenvalue weighted by Crippen LogP contribution is -1.95. The van der Waals surface area contributed by atoms with E-state index >= 15 is 0 Å². The molecule has 0 unspecified atom stereocenters. The Labute approximate surface area is 65.8 Å². The molecule has 0 bridgehead atoms. The number of unbranched alkanes of at least 4 members (excludes halogenated alkanes) is 2. The van der Waals surface area contributed by atoms with Crippen LogP contribution in [-0.2, 0) is 4.74 Å². The third-order valence-electron chi connectivity index (χ3n) is 1.28. The van der Waals surface area contributed by atoms with Crippen molar-refractivity contribution in [1.82, 2.24) is 0 Å². The molecule has 0 saturated carbocycles. The minimum absolute atomic E-state index is 0. The van der Waals surface area contributed by atoms with Crippen molar-refractivity contribution in [3.05, 3.63) is 0 Å². The minimum Gasteiger partial charge on any atom is -0.381 e. The van der Waals surface area contributed by atoms with Gasteiger partial charge in [0.15, 0.2) is 0 Å². The zero-order valence-electron chi connectivity index (χ0n) is 6.65. The van der Waals surface area contributed by atoms with Crippen molar-refractivity contribution in [3.63, 3.8) is 0 Å². The summed E-state index contributed by atoms with van der Waals surface area (Å²) < 4.78 is 5.31. The smallest absolute Gasteiger partial charge is 0.0465 e. The molecule has 0 aromatic carbocycles. The maximum Gasteiger partial charge on any atom is 0.0465 e. The van der Waals surface area contributed by atoms with Crippen LogP contribution >= 0.6 is 0 Å². The van der Waals surface area contributed by atoms with Gasteiger partial charge in [-0.3, -0.25) is 0 Å². The van der Waals surface area contributed by atoms with Gasteiger partial charge < -0.3 is 4.74 Å². The average Bonchev–Trinajstić information content (AvgIpc) is 1.89. The van der Waals surface area contributed by atoms with Gasteiger partial charge in [0.1, 0.15) is 0 Å². The van der Waals surface area contributed by atoms with Crippen molar-refractivity contribution in [2.75, 3.05) is 13.2 Å². The summed E-state index contributed by atoms with van der Waals surface area (Å²) in [4.78, 5) is 0. The number of ether oxygens (including phenoxy) is 1. The lowest BCUT2D eigenvalue weighted by molar-refractivity contribution is 0.128. The highest BCUT2D eigenvalue weighted by Gasteiger charge is 1.84. The molecule has 0 rings (SSSR count). The van der Waals surface area contributed by atoms with Gasteiger partial charge in [0.25, 0.3) is 0 Å². The van der Waals surface area contributed by atoms with E-state index in [2.05, 4.69) is 13.8 Å². The van der Waals surface area contributed by atoms with E-state index in [1.165, 1.54) is 25.7 Å². The quantitative estimate of drug-likeness (QED) is 0.523. The van der Waals surface area contributed by atoms with Crippen molar-refractivity contribution in [2.24, 2.45) is 0 Å². The molecule has 0 atom stereocenters. The maximum atomic E-state index is 5.31. The third kappa shape index (κ3) is 10.9. The molecule has 0 heterocycles. The maximum absolute atomic E-state index is 5.31. The molecule has 0 aliphatic carbocycles. The first-order valence-corrected chi connectivity index (χ1v) is 3.99. The van der Waals surface area contributed by atoms with E-state index in [0.717, 1.165) is 13.2 Å². The van der Waals surface area contributed by atoms with Crippen molar-refractivity contribution >= 4 is 0 Å². The van der Waals surface area contributed by atoms with Crippen LogP contribution in [-0.4, -0.2) is 13.2 Å². The Morgan fingerprint density at radius 1 is 0.900 bits per heavy atom. The fourth-order valence-electron chi connectivity index (χ4n) is 0.595. The third-order valence-corrected chi connectivity index (χ3v) is 1.28. The van der Waals surface area contributed by atoms with Crippen LogP contribution in [0.2, 0.25) is 0 Å². The molecule has 10 heavy (non-hydrogen) atoms. The SMILES string of the molecule is C.CCCCOCCCC. The molecule has 1 nitrogen and oxygen atoms in total. The zero-order valence-corrected chi connectivity index (χ0v) is 6.65. The predicted molar refractivity (Wildman–Crippen MR) is 47.4 cm³/mol. The summed E-state index contributed by atoms with van der Waals surface area (Å²) in [6.45, 7) is 6.28. The summed E-state index contributed by atoms with van der Waals surface area (Å²) >= 11 is 0. The monoisotopic (exact) mass is 146 g/mol. The van der Waals surface area contributed by atoms with Gasteiger partial charge in [-0.25, -0.2) is 0 Å². The number of rotatable bonds is 6. The molecule has 64 valence electrons. The molecule has 1 heteroatoms. The van der Waals surface area contributed by atoms with Gasteiger partial charge >= 0.3 is 0 Å². The highest BCUT2D eigenvalue weighted by Crippen LogP contribution is 1.91. The molecule has 0 aromatic heterocycles. The van der Waals surface area contributed by atoms with Crippen molar-refractivity contribution < 1.29 is 4.74 Å². The Bertz CT molecular complexity index is 38.0. The van der Waals surface area contributed by atoms with Gasteiger partial charge in [-0.1, -0.05) is 34.1 Å². The van der Waals surface area contributed by atoms with E-state index in [-0.39, 0.29) is 7.43 Å². The van der Waals surface area contributed by atoms with Gasteiger partial charge in [-0.05, 0) is 12.8 Å². The molecule has 0 radical (unpaired) electrons. The van der Waals surface area contributed by atoms with Crippen LogP contribution < -0.4 is 0 Å². The van der Waals surface area contributed by atoms with E-state index in [1.54, 1.807) is 0 Å². The Morgan fingerprint density at radius 3 is 1.60 bits per heavy atom. The van der Waals surface area contributed by atoms with Crippen LogP contribution in [0.3, 0.4) is 0 Å². The first-order chi connectivity index (χ1) is 4.41. The molecule has 0 amide bonds. The van der Waals surface area contributed by atoms with E-state index in [9.17, 15) is 0 Å². The fourth-order valence-corrected chi connectivity index (χ4v) is 0.595. The molecule has 0 aromatic rings. The minimum atomic E-state index is 0. The fraction of sp³-hybridized carbons (Fsp3) is 1.00. The lowest BCUT2D eigenvalue weighted by Gasteiger charge is -1.99. The van der Waals surface area contributed by atoms with Gasteiger partial charge in [0.05, 0.1) is 0 Å². The summed E-state index contributed by atoms with van der Waals surface area (Å²) in [5, 5.41) is 0. The normalized spacial score (nSPS) is 9.00. The topological polar surface area (TPSA) is 9.23 Å². The van der Waals surface area contributed by atoms with E-state index in [4.69, 9.17) is 4.74 Å². The van der Waals surface area contributed by atoms with Crippen LogP contribution in [0.1, 0.15) is 47.0 Å². The van der Waals surface area contributed by atoms with E-state index in [0.29, 0.717) is 0 Å². The van der Waals surface area contributed by atoms with Crippen molar-refractivity contribution in [1.29, 1.82) is 0 Å². The molecule has 0 N–H and O–H groups in total. The largest absolute Gasteiger partial charge is 0.381 e. The molecule has 0 aliphatic rings. The Morgan fingerprint density at radius 2 is 1.30 bits per heavy atom. The van der Waals surface area contributed by atoms with Gasteiger partial charge in [-0.15, -0.1) is 0 Å². The molecule has 0 spiro atoms. The highest BCUT2D eigenvalue weighted by atomic mass is 16.5. The summed E-state index contributed by atoms with van der Waals surface area (Å²) in [6, 6.07) is 0. The molecular weight excluding hydrogens is 124 g/mol. The Hall–Kier alpha value is -0.0400. The summed E-state index contributed by atoms with van der Waals surface area (Å²) in [5.41, 5.74) is 0. The van der Waals surface area contributed by atoms with Crippen LogP contribution in [0.4, 0.5) is 0 Å². The first-order valence-electron chi connectivity index (χ1n) is 3.99. The number of hydrogen-bond donors (Lipinski definition) is 0. The van der Waals surface area contributed by atoms with Crippen molar-refractivity contribution in [3.8, 4) is 0 Å². The van der Waals surface area contributed by atoms with Gasteiger partial charge in [0, 0.05) is 13.2 Å². The average molecular weight is 146 g/mol. The predicted octanol–water partition coefficient (Wildman–Crippen LogP) is 3.24. The molecule has 0 aliphatic heterocycles. The van der Waals surface area contributed by atoms with Crippen LogP contribution in [0.5, 0.6) is 0 Å².